The van der Waals surface area contributed by atoms with Gasteiger partial charge in [0.05, 0.1) is 45.2 Å². The zero-order chi connectivity index (χ0) is 33.5. The minimum atomic E-state index is -0.775. The summed E-state index contributed by atoms with van der Waals surface area (Å²) in [5.41, 5.74) is 3.37. The Labute approximate surface area is 272 Å². The van der Waals surface area contributed by atoms with Crippen LogP contribution >= 0.6 is 11.3 Å². The highest BCUT2D eigenvalue weighted by molar-refractivity contribution is 7.14. The number of fused-ring (bicyclic) bond motifs is 3. The van der Waals surface area contributed by atoms with Crippen molar-refractivity contribution in [2.75, 3.05) is 39.0 Å². The number of carbonyl (C=O) groups excluding carboxylic acids is 3. The third-order valence-corrected chi connectivity index (χ3v) is 8.93. The molecule has 0 spiro atoms. The summed E-state index contributed by atoms with van der Waals surface area (Å²) in [7, 11) is 6.18. The number of nitrogens with one attached hydrogen (secondary N) is 4. The first-order chi connectivity index (χ1) is 22.0. The first-order valence-corrected chi connectivity index (χ1v) is 15.9. The van der Waals surface area contributed by atoms with Gasteiger partial charge in [0.25, 0.3) is 0 Å². The van der Waals surface area contributed by atoms with E-state index < -0.39 is 12.1 Å². The number of hydrogen-bond acceptors (Lipinski definition) is 10. The molecule has 0 radical (unpaired) electrons. The van der Waals surface area contributed by atoms with Crippen molar-refractivity contribution < 1.29 is 28.6 Å². The number of amides is 3. The highest BCUT2D eigenvalue weighted by Gasteiger charge is 2.30. The predicted octanol–water partition coefficient (Wildman–Crippen LogP) is 4.07. The summed E-state index contributed by atoms with van der Waals surface area (Å²) in [6.45, 7) is 5.33. The maximum atomic E-state index is 13.9. The smallest absolute Gasteiger partial charge is 0.248 e. The molecule has 3 amide bonds. The summed E-state index contributed by atoms with van der Waals surface area (Å²) in [5, 5.41) is 13.7. The molecule has 1 aliphatic rings. The molecule has 1 heterocycles. The second-order valence-corrected chi connectivity index (χ2v) is 11.9. The van der Waals surface area contributed by atoms with Gasteiger partial charge in [0, 0.05) is 24.9 Å². The Hall–Kier alpha value is -4.65. The summed E-state index contributed by atoms with van der Waals surface area (Å²) in [5.74, 6) is 0.447. The molecule has 0 saturated heterocycles. The van der Waals surface area contributed by atoms with E-state index in [0.29, 0.717) is 58.5 Å². The summed E-state index contributed by atoms with van der Waals surface area (Å²) in [6.07, 6.45) is 1.86. The second-order valence-electron chi connectivity index (χ2n) is 11.1. The summed E-state index contributed by atoms with van der Waals surface area (Å²) >= 11 is 1.22. The molecule has 3 aromatic rings. The Bertz CT molecular complexity index is 1670. The number of hydrogen-bond donors (Lipinski definition) is 4. The summed E-state index contributed by atoms with van der Waals surface area (Å²) in [4.78, 5) is 55.8. The fourth-order valence-corrected chi connectivity index (χ4v) is 6.29. The van der Waals surface area contributed by atoms with Crippen LogP contribution in [0.4, 0.5) is 10.8 Å². The number of benzene rings is 1. The van der Waals surface area contributed by atoms with E-state index in [9.17, 15) is 19.2 Å². The minimum absolute atomic E-state index is 0.104. The normalized spacial score (nSPS) is 14.8. The fourth-order valence-electron chi connectivity index (χ4n) is 5.58. The lowest BCUT2D eigenvalue weighted by atomic mass is 9.95. The van der Waals surface area contributed by atoms with Crippen molar-refractivity contribution in [3.63, 3.8) is 0 Å². The zero-order valence-corrected chi connectivity index (χ0v) is 28.0. The van der Waals surface area contributed by atoms with Gasteiger partial charge in [-0.1, -0.05) is 26.3 Å². The number of carbonyl (C=O) groups is 3. The molecule has 4 N–H and O–H groups in total. The number of rotatable bonds is 12. The van der Waals surface area contributed by atoms with Gasteiger partial charge in [0.15, 0.2) is 16.6 Å². The van der Waals surface area contributed by atoms with Crippen LogP contribution in [0.5, 0.6) is 17.2 Å². The van der Waals surface area contributed by atoms with Gasteiger partial charge in [-0.15, -0.1) is 11.3 Å². The van der Waals surface area contributed by atoms with Crippen molar-refractivity contribution in [3.8, 4) is 28.4 Å². The van der Waals surface area contributed by atoms with E-state index in [0.717, 1.165) is 11.1 Å². The number of aryl methyl sites for hydroxylation is 1. The van der Waals surface area contributed by atoms with Crippen LogP contribution in [0.2, 0.25) is 0 Å². The lowest BCUT2D eigenvalue weighted by Crippen LogP contribution is -2.40. The summed E-state index contributed by atoms with van der Waals surface area (Å²) < 4.78 is 17.1. The minimum Gasteiger partial charge on any atom is -0.493 e. The van der Waals surface area contributed by atoms with Gasteiger partial charge >= 0.3 is 0 Å². The SMILES string of the molecule is CC[C@@H](C)[C@H](Nc1ccc2c(cc1=O)[C@@H](NC(C)=O)CCc1cc(OC)c(OC)c(OC)c1-2)C(=O)Nc1nc(CC(=O)NC)cs1. The van der Waals surface area contributed by atoms with E-state index in [2.05, 4.69) is 26.3 Å². The van der Waals surface area contributed by atoms with E-state index >= 15 is 0 Å². The molecule has 0 fully saturated rings. The quantitative estimate of drug-likeness (QED) is 0.227. The van der Waals surface area contributed by atoms with Crippen LogP contribution in [-0.4, -0.2) is 57.1 Å². The molecule has 1 aromatic heterocycles. The van der Waals surface area contributed by atoms with Crippen molar-refractivity contribution in [2.24, 2.45) is 5.92 Å². The first-order valence-electron chi connectivity index (χ1n) is 15.0. The van der Waals surface area contributed by atoms with Crippen molar-refractivity contribution >= 4 is 39.9 Å². The molecule has 13 heteroatoms. The predicted molar refractivity (Wildman–Crippen MR) is 178 cm³/mol. The monoisotopic (exact) mass is 651 g/mol. The van der Waals surface area contributed by atoms with Crippen LogP contribution in [0.3, 0.4) is 0 Å². The number of anilines is 2. The Morgan fingerprint density at radius 2 is 1.83 bits per heavy atom. The van der Waals surface area contributed by atoms with Crippen LogP contribution in [0.15, 0.2) is 34.4 Å². The molecule has 3 atom stereocenters. The number of nitrogens with zero attached hydrogens (tertiary/aromatic N) is 1. The van der Waals surface area contributed by atoms with Gasteiger partial charge in [-0.2, -0.15) is 0 Å². The molecular formula is C33H41N5O7S. The molecule has 1 aliphatic carbocycles. The van der Waals surface area contributed by atoms with Crippen molar-refractivity contribution in [1.29, 1.82) is 0 Å². The van der Waals surface area contributed by atoms with Gasteiger partial charge in [0.2, 0.25) is 28.9 Å². The van der Waals surface area contributed by atoms with Crippen LogP contribution in [0.1, 0.15) is 56.5 Å². The lowest BCUT2D eigenvalue weighted by molar-refractivity contribution is -0.120. The topological polar surface area (TPSA) is 157 Å². The lowest BCUT2D eigenvalue weighted by Gasteiger charge is -2.23. The molecule has 0 bridgehead atoms. The van der Waals surface area contributed by atoms with Crippen LogP contribution in [-0.2, 0) is 27.2 Å². The third kappa shape index (κ3) is 7.41. The number of ether oxygens (including phenoxy) is 3. The molecule has 4 rings (SSSR count). The molecule has 246 valence electrons. The zero-order valence-electron chi connectivity index (χ0n) is 27.2. The van der Waals surface area contributed by atoms with Crippen LogP contribution < -0.4 is 40.9 Å². The number of aromatic nitrogens is 1. The average Bonchev–Trinajstić information content (AvgIpc) is 3.34. The van der Waals surface area contributed by atoms with Crippen LogP contribution in [0.25, 0.3) is 11.1 Å². The third-order valence-electron chi connectivity index (χ3n) is 8.12. The van der Waals surface area contributed by atoms with Gasteiger partial charge in [-0.25, -0.2) is 4.98 Å². The first kappa shape index (κ1) is 34.2. The average molecular weight is 652 g/mol. The summed E-state index contributed by atoms with van der Waals surface area (Å²) in [6, 6.07) is 5.64. The molecule has 0 saturated carbocycles. The van der Waals surface area contributed by atoms with Gasteiger partial charge in [0.1, 0.15) is 6.04 Å². The Kier molecular flexibility index (Phi) is 11.2. The molecule has 0 unspecified atom stereocenters. The standard InChI is InChI=1S/C33H41N5O7S/c1-8-17(2)29(32(42)38-33-36-20(16-46-33)14-27(41)34-4)37-24-12-10-21-22(15-25(24)40)23(35-18(3)39)11-9-19-13-26(43-5)30(44-6)31(45-7)28(19)21/h10,12-13,15-17,23,29H,8-9,11,14H2,1-7H3,(H,34,41)(H,35,39)(H,37,40)(H,36,38,42)/t17-,23+,29+/m1/s1. The molecule has 2 aromatic carbocycles. The number of thiazole rings is 1. The Morgan fingerprint density at radius 3 is 2.46 bits per heavy atom. The van der Waals surface area contributed by atoms with E-state index in [4.69, 9.17) is 14.2 Å². The van der Waals surface area contributed by atoms with Crippen LogP contribution in [0, 0.1) is 5.92 Å². The van der Waals surface area contributed by atoms with Gasteiger partial charge in [-0.3, -0.25) is 19.2 Å². The molecule has 12 nitrogen and oxygen atoms in total. The van der Waals surface area contributed by atoms with E-state index in [1.54, 1.807) is 32.7 Å². The largest absolute Gasteiger partial charge is 0.493 e. The Balaban J connectivity index is 1.79. The van der Waals surface area contributed by atoms with Gasteiger partial charge in [-0.05, 0) is 53.6 Å². The van der Waals surface area contributed by atoms with Crippen molar-refractivity contribution in [2.45, 2.75) is 58.5 Å². The van der Waals surface area contributed by atoms with Gasteiger partial charge < -0.3 is 35.5 Å². The Morgan fingerprint density at radius 1 is 1.09 bits per heavy atom. The van der Waals surface area contributed by atoms with E-state index in [1.165, 1.54) is 31.4 Å². The van der Waals surface area contributed by atoms with Crippen molar-refractivity contribution in [3.05, 3.63) is 56.7 Å². The highest BCUT2D eigenvalue weighted by atomic mass is 32.1. The number of methoxy groups -OCH3 is 3. The fraction of sp³-hybridized carbons (Fsp3) is 0.424. The second kappa shape index (κ2) is 15.1. The number of likely N-dealkylation sites (N-methyl/N-ethyl adjacent to an activating group) is 1. The maximum Gasteiger partial charge on any atom is 0.248 e. The van der Waals surface area contributed by atoms with E-state index in [-0.39, 0.29) is 41.2 Å². The highest BCUT2D eigenvalue weighted by Crippen LogP contribution is 2.50. The molecular weight excluding hydrogens is 610 g/mol. The maximum absolute atomic E-state index is 13.9. The van der Waals surface area contributed by atoms with Crippen molar-refractivity contribution in [1.82, 2.24) is 15.6 Å². The molecule has 46 heavy (non-hydrogen) atoms. The van der Waals surface area contributed by atoms with E-state index in [1.807, 2.05) is 26.0 Å². The molecule has 0 aliphatic heterocycles.